The van der Waals surface area contributed by atoms with Crippen LogP contribution >= 0.6 is 11.3 Å². The van der Waals surface area contributed by atoms with E-state index in [4.69, 9.17) is 23.9 Å². The van der Waals surface area contributed by atoms with Crippen LogP contribution in [0.4, 0.5) is 5.13 Å². The van der Waals surface area contributed by atoms with E-state index in [1.807, 2.05) is 24.0 Å². The molecule has 1 aromatic heterocycles. The molecule has 0 bridgehead atoms. The fourth-order valence-corrected chi connectivity index (χ4v) is 4.84. The number of ether oxygens (including phenoxy) is 4. The number of fused-ring (bicyclic) bond motifs is 1. The van der Waals surface area contributed by atoms with E-state index in [1.165, 1.54) is 0 Å². The SMILES string of the molecule is CCOc1cccc2sc(N3CCN(C(=O)c4cc(OC)c(OC)c(OC)c4)CC3)nc12. The van der Waals surface area contributed by atoms with E-state index in [1.54, 1.807) is 44.8 Å². The summed E-state index contributed by atoms with van der Waals surface area (Å²) in [5, 5.41) is 0.951. The van der Waals surface area contributed by atoms with Gasteiger partial charge in [-0.1, -0.05) is 17.4 Å². The minimum absolute atomic E-state index is 0.0631. The van der Waals surface area contributed by atoms with Crippen molar-refractivity contribution < 1.29 is 23.7 Å². The third-order valence-electron chi connectivity index (χ3n) is 5.42. The number of anilines is 1. The maximum atomic E-state index is 13.2. The molecule has 0 saturated carbocycles. The molecule has 0 unspecified atom stereocenters. The maximum Gasteiger partial charge on any atom is 0.254 e. The second-order valence-electron chi connectivity index (χ2n) is 7.23. The molecule has 9 heteroatoms. The summed E-state index contributed by atoms with van der Waals surface area (Å²) in [4.78, 5) is 22.0. The van der Waals surface area contributed by atoms with Crippen LogP contribution in [0, 0.1) is 0 Å². The zero-order valence-electron chi connectivity index (χ0n) is 18.7. The molecule has 4 rings (SSSR count). The predicted octanol–water partition coefficient (Wildman–Crippen LogP) is 3.68. The number of rotatable bonds is 7. The van der Waals surface area contributed by atoms with E-state index in [0.717, 1.165) is 21.1 Å². The molecule has 1 saturated heterocycles. The highest BCUT2D eigenvalue weighted by Crippen LogP contribution is 2.39. The summed E-state index contributed by atoms with van der Waals surface area (Å²) in [5.41, 5.74) is 1.40. The summed E-state index contributed by atoms with van der Waals surface area (Å²) in [6.45, 7) is 5.19. The molecule has 1 amide bonds. The highest BCUT2D eigenvalue weighted by Gasteiger charge is 2.26. The summed E-state index contributed by atoms with van der Waals surface area (Å²) in [5.74, 6) is 2.15. The Kier molecular flexibility index (Phi) is 6.55. The lowest BCUT2D eigenvalue weighted by Gasteiger charge is -2.34. The fourth-order valence-electron chi connectivity index (χ4n) is 3.81. The van der Waals surface area contributed by atoms with Crippen molar-refractivity contribution in [1.29, 1.82) is 0 Å². The Bertz CT molecular complexity index is 1080. The summed E-state index contributed by atoms with van der Waals surface area (Å²) in [6.07, 6.45) is 0. The number of carbonyl (C=O) groups excluding carboxylic acids is 1. The predicted molar refractivity (Wildman–Crippen MR) is 125 cm³/mol. The van der Waals surface area contributed by atoms with Gasteiger partial charge in [0.05, 0.1) is 32.6 Å². The van der Waals surface area contributed by atoms with E-state index < -0.39 is 0 Å². The number of thiazole rings is 1. The molecule has 0 N–H and O–H groups in total. The third-order valence-corrected chi connectivity index (χ3v) is 6.50. The van der Waals surface area contributed by atoms with Crippen molar-refractivity contribution in [3.8, 4) is 23.0 Å². The van der Waals surface area contributed by atoms with Crippen molar-refractivity contribution in [2.45, 2.75) is 6.92 Å². The molecular formula is C23H27N3O5S. The molecule has 0 radical (unpaired) electrons. The second kappa shape index (κ2) is 9.52. The normalized spacial score (nSPS) is 13.9. The van der Waals surface area contributed by atoms with E-state index in [9.17, 15) is 4.79 Å². The van der Waals surface area contributed by atoms with Gasteiger partial charge in [-0.05, 0) is 31.2 Å². The number of amides is 1. The van der Waals surface area contributed by atoms with Gasteiger partial charge in [-0.25, -0.2) is 4.98 Å². The average Bonchev–Trinajstić information content (AvgIpc) is 3.28. The lowest BCUT2D eigenvalue weighted by Crippen LogP contribution is -2.48. The molecule has 32 heavy (non-hydrogen) atoms. The van der Waals surface area contributed by atoms with Gasteiger partial charge in [-0.2, -0.15) is 0 Å². The smallest absolute Gasteiger partial charge is 0.254 e. The van der Waals surface area contributed by atoms with Gasteiger partial charge < -0.3 is 28.7 Å². The summed E-state index contributed by atoms with van der Waals surface area (Å²) >= 11 is 1.65. The van der Waals surface area contributed by atoms with Gasteiger partial charge in [-0.15, -0.1) is 0 Å². The Hall–Kier alpha value is -3.20. The first-order valence-electron chi connectivity index (χ1n) is 10.5. The lowest BCUT2D eigenvalue weighted by atomic mass is 10.1. The number of methoxy groups -OCH3 is 3. The van der Waals surface area contributed by atoms with E-state index in [0.29, 0.717) is 55.6 Å². The monoisotopic (exact) mass is 457 g/mol. The van der Waals surface area contributed by atoms with E-state index in [2.05, 4.69) is 11.0 Å². The standard InChI is InChI=1S/C23H27N3O5S/c1-5-31-16-7-6-8-19-20(16)24-23(32-19)26-11-9-25(10-12-26)22(27)15-13-17(28-2)21(30-4)18(14-15)29-3/h6-8,13-14H,5,9-12H2,1-4H3. The van der Waals surface area contributed by atoms with Gasteiger partial charge in [0.2, 0.25) is 5.75 Å². The van der Waals surface area contributed by atoms with Crippen LogP contribution in [-0.2, 0) is 0 Å². The van der Waals surface area contributed by atoms with Crippen LogP contribution < -0.4 is 23.8 Å². The van der Waals surface area contributed by atoms with Crippen LogP contribution in [0.15, 0.2) is 30.3 Å². The van der Waals surface area contributed by atoms with Gasteiger partial charge in [0, 0.05) is 31.7 Å². The van der Waals surface area contributed by atoms with Crippen molar-refractivity contribution in [3.05, 3.63) is 35.9 Å². The van der Waals surface area contributed by atoms with Crippen LogP contribution in [0.3, 0.4) is 0 Å². The van der Waals surface area contributed by atoms with E-state index >= 15 is 0 Å². The summed E-state index contributed by atoms with van der Waals surface area (Å²) in [7, 11) is 4.62. The Morgan fingerprint density at radius 1 is 1.00 bits per heavy atom. The zero-order valence-corrected chi connectivity index (χ0v) is 19.5. The maximum absolute atomic E-state index is 13.2. The highest BCUT2D eigenvalue weighted by molar-refractivity contribution is 7.22. The Morgan fingerprint density at radius 3 is 2.28 bits per heavy atom. The number of piperazine rings is 1. The quantitative estimate of drug-likeness (QED) is 0.536. The minimum Gasteiger partial charge on any atom is -0.493 e. The topological polar surface area (TPSA) is 73.4 Å². The number of para-hydroxylation sites is 1. The summed E-state index contributed by atoms with van der Waals surface area (Å²) in [6, 6.07) is 9.38. The highest BCUT2D eigenvalue weighted by atomic mass is 32.1. The minimum atomic E-state index is -0.0631. The molecule has 2 aromatic carbocycles. The van der Waals surface area contributed by atoms with Crippen LogP contribution in [0.5, 0.6) is 23.0 Å². The molecule has 8 nitrogen and oxygen atoms in total. The average molecular weight is 458 g/mol. The first-order valence-corrected chi connectivity index (χ1v) is 11.3. The molecule has 170 valence electrons. The van der Waals surface area contributed by atoms with Gasteiger partial charge in [0.25, 0.3) is 5.91 Å². The number of benzene rings is 2. The number of aromatic nitrogens is 1. The second-order valence-corrected chi connectivity index (χ2v) is 8.23. The first-order chi connectivity index (χ1) is 15.6. The van der Waals surface area contributed by atoms with Crippen molar-refractivity contribution in [1.82, 2.24) is 9.88 Å². The largest absolute Gasteiger partial charge is 0.493 e. The molecular weight excluding hydrogens is 430 g/mol. The molecule has 1 aliphatic rings. The van der Waals surface area contributed by atoms with Crippen molar-refractivity contribution >= 4 is 32.6 Å². The third kappa shape index (κ3) is 4.12. The molecule has 2 heterocycles. The molecule has 1 aliphatic heterocycles. The Morgan fingerprint density at radius 2 is 1.69 bits per heavy atom. The molecule has 1 fully saturated rings. The van der Waals surface area contributed by atoms with Crippen molar-refractivity contribution in [3.63, 3.8) is 0 Å². The molecule has 0 spiro atoms. The first kappa shape index (κ1) is 22.0. The van der Waals surface area contributed by atoms with Gasteiger partial charge in [0.15, 0.2) is 16.6 Å². The lowest BCUT2D eigenvalue weighted by molar-refractivity contribution is 0.0746. The Balaban J connectivity index is 1.49. The number of nitrogens with zero attached hydrogens (tertiary/aromatic N) is 3. The van der Waals surface area contributed by atoms with Gasteiger partial charge >= 0.3 is 0 Å². The Labute approximate surface area is 191 Å². The van der Waals surface area contributed by atoms with Crippen LogP contribution in [0.25, 0.3) is 10.2 Å². The van der Waals surface area contributed by atoms with Crippen LogP contribution in [0.2, 0.25) is 0 Å². The van der Waals surface area contributed by atoms with Crippen molar-refractivity contribution in [2.24, 2.45) is 0 Å². The summed E-state index contributed by atoms with van der Waals surface area (Å²) < 4.78 is 22.9. The molecule has 0 aliphatic carbocycles. The van der Waals surface area contributed by atoms with Crippen LogP contribution in [-0.4, -0.2) is 69.9 Å². The fraction of sp³-hybridized carbons (Fsp3) is 0.391. The zero-order chi connectivity index (χ0) is 22.7. The van der Waals surface area contributed by atoms with Gasteiger partial charge in [-0.3, -0.25) is 4.79 Å². The van der Waals surface area contributed by atoms with E-state index in [-0.39, 0.29) is 5.91 Å². The van der Waals surface area contributed by atoms with Crippen LogP contribution in [0.1, 0.15) is 17.3 Å². The number of hydrogen-bond acceptors (Lipinski definition) is 8. The molecule has 3 aromatic rings. The molecule has 0 atom stereocenters. The number of hydrogen-bond donors (Lipinski definition) is 0. The van der Waals surface area contributed by atoms with Crippen molar-refractivity contribution in [2.75, 3.05) is 59.0 Å². The number of carbonyl (C=O) groups is 1. The van der Waals surface area contributed by atoms with Gasteiger partial charge in [0.1, 0.15) is 11.3 Å².